The van der Waals surface area contributed by atoms with E-state index < -0.39 is 5.91 Å². The van der Waals surface area contributed by atoms with E-state index in [2.05, 4.69) is 31.2 Å². The average molecular weight is 666 g/mol. The number of amides is 2. The first kappa shape index (κ1) is 33.3. The second-order valence-electron chi connectivity index (χ2n) is 10.9. The number of alkyl halides is 1. The minimum atomic E-state index is -0.410. The predicted molar refractivity (Wildman–Crippen MR) is 179 cm³/mol. The lowest BCUT2D eigenvalue weighted by Crippen LogP contribution is -2.35. The van der Waals surface area contributed by atoms with E-state index in [1.807, 2.05) is 24.3 Å². The summed E-state index contributed by atoms with van der Waals surface area (Å²) in [5.74, 6) is 0.363. The monoisotopic (exact) mass is 664 g/mol. The van der Waals surface area contributed by atoms with Crippen LogP contribution in [0.1, 0.15) is 40.9 Å². The number of methoxy groups -OCH3 is 1. The molecule has 1 saturated heterocycles. The normalized spacial score (nSPS) is 14.3. The van der Waals surface area contributed by atoms with Crippen LogP contribution < -0.4 is 26.0 Å². The molecule has 2 aromatic heterocycles. The Kier molecular flexibility index (Phi) is 11.5. The maximum absolute atomic E-state index is 13.0. The van der Waals surface area contributed by atoms with Crippen LogP contribution in [0.15, 0.2) is 67.0 Å². The van der Waals surface area contributed by atoms with Crippen molar-refractivity contribution in [3.63, 3.8) is 0 Å². The number of nitrogens with one attached hydrogen (secondary N) is 4. The molecule has 0 spiro atoms. The molecule has 12 heteroatoms. The summed E-state index contributed by atoms with van der Waals surface area (Å²) in [5.41, 5.74) is 5.09. The second-order valence-corrected chi connectivity index (χ2v) is 11.6. The van der Waals surface area contributed by atoms with Crippen LogP contribution in [0.25, 0.3) is 22.4 Å². The first-order valence-corrected chi connectivity index (χ1v) is 15.8. The van der Waals surface area contributed by atoms with Gasteiger partial charge in [-0.3, -0.25) is 23.9 Å². The third-order valence-corrected chi connectivity index (χ3v) is 8.44. The average Bonchev–Trinajstić information content (AvgIpc) is 3.49. The fourth-order valence-electron chi connectivity index (χ4n) is 5.21. The van der Waals surface area contributed by atoms with Gasteiger partial charge in [0.2, 0.25) is 5.91 Å². The molecule has 0 unspecified atom stereocenters. The van der Waals surface area contributed by atoms with Gasteiger partial charge in [-0.05, 0) is 49.2 Å². The number of ether oxygens (including phenoxy) is 1. The Labute approximate surface area is 277 Å². The summed E-state index contributed by atoms with van der Waals surface area (Å²) in [7, 11) is 1.61. The molecule has 5 rings (SSSR count). The number of carbonyl (C=O) groups is 2. The molecule has 0 aliphatic carbocycles. The van der Waals surface area contributed by atoms with Crippen LogP contribution in [0.5, 0.6) is 5.75 Å². The third kappa shape index (κ3) is 8.19. The van der Waals surface area contributed by atoms with Gasteiger partial charge >= 0.3 is 0 Å². The molecule has 1 fully saturated rings. The summed E-state index contributed by atoms with van der Waals surface area (Å²) >= 11 is 13.8. The highest BCUT2D eigenvalue weighted by Gasteiger charge is 2.21. The molecule has 1 aliphatic rings. The van der Waals surface area contributed by atoms with Crippen molar-refractivity contribution in [1.82, 2.24) is 25.9 Å². The molecule has 46 heavy (non-hydrogen) atoms. The zero-order chi connectivity index (χ0) is 32.5. The molecule has 0 saturated carbocycles. The Bertz CT molecular complexity index is 1690. The molecule has 1 atom stereocenters. The lowest BCUT2D eigenvalue weighted by molar-refractivity contribution is -0.119. The molecule has 1 aliphatic heterocycles. The minimum Gasteiger partial charge on any atom is -0.496 e. The molecule has 3 heterocycles. The first-order chi connectivity index (χ1) is 22.4. The van der Waals surface area contributed by atoms with Gasteiger partial charge < -0.3 is 26.0 Å². The van der Waals surface area contributed by atoms with E-state index in [1.54, 1.807) is 49.8 Å². The van der Waals surface area contributed by atoms with E-state index in [9.17, 15) is 14.0 Å². The molecule has 4 N–H and O–H groups in total. The molecule has 2 aromatic carbocycles. The van der Waals surface area contributed by atoms with Crippen molar-refractivity contribution in [3.05, 3.63) is 93.9 Å². The van der Waals surface area contributed by atoms with Gasteiger partial charge in [0.1, 0.15) is 11.4 Å². The van der Waals surface area contributed by atoms with E-state index in [4.69, 9.17) is 27.9 Å². The smallest absolute Gasteiger partial charge is 0.274 e. The fourth-order valence-corrected chi connectivity index (χ4v) is 5.81. The quantitative estimate of drug-likeness (QED) is 0.119. The number of pyridine rings is 2. The maximum Gasteiger partial charge on any atom is 0.274 e. The first-order valence-electron chi connectivity index (χ1n) is 15.0. The highest BCUT2D eigenvalue weighted by atomic mass is 35.5. The van der Waals surface area contributed by atoms with Crippen molar-refractivity contribution in [2.75, 3.05) is 32.2 Å². The number of rotatable bonds is 14. The number of anilines is 1. The second kappa shape index (κ2) is 16.0. The van der Waals surface area contributed by atoms with Gasteiger partial charge in [-0.15, -0.1) is 0 Å². The molecule has 240 valence electrons. The molecule has 0 radical (unpaired) electrons. The van der Waals surface area contributed by atoms with Crippen LogP contribution in [-0.2, 0) is 17.9 Å². The van der Waals surface area contributed by atoms with E-state index in [1.165, 1.54) is 0 Å². The maximum atomic E-state index is 13.0. The lowest BCUT2D eigenvalue weighted by atomic mass is 10.0. The topological polar surface area (TPSA) is 117 Å². The summed E-state index contributed by atoms with van der Waals surface area (Å²) in [6.45, 7) is 1.99. The van der Waals surface area contributed by atoms with Gasteiger partial charge in [0.15, 0.2) is 0 Å². The highest BCUT2D eigenvalue weighted by molar-refractivity contribution is 6.39. The summed E-state index contributed by atoms with van der Waals surface area (Å²) in [5, 5.41) is 13.0. The number of nitrogens with zero attached hydrogens (tertiary/aromatic N) is 2. The Morgan fingerprint density at radius 2 is 1.89 bits per heavy atom. The van der Waals surface area contributed by atoms with Crippen molar-refractivity contribution in [2.24, 2.45) is 0 Å². The molecule has 9 nitrogen and oxygen atoms in total. The van der Waals surface area contributed by atoms with Gasteiger partial charge in [0.05, 0.1) is 35.2 Å². The molecule has 2 amide bonds. The third-order valence-electron chi connectivity index (χ3n) is 7.65. The highest BCUT2D eigenvalue weighted by Crippen LogP contribution is 2.41. The lowest BCUT2D eigenvalue weighted by Gasteiger charge is -2.16. The van der Waals surface area contributed by atoms with Crippen LogP contribution >= 0.6 is 23.2 Å². The van der Waals surface area contributed by atoms with Crippen molar-refractivity contribution < 1.29 is 18.7 Å². The molecular weight excluding hydrogens is 630 g/mol. The minimum absolute atomic E-state index is 0.0918. The van der Waals surface area contributed by atoms with E-state index in [0.717, 1.165) is 23.1 Å². The molecule has 4 aromatic rings. The fraction of sp³-hybridized carbons (Fsp3) is 0.294. The summed E-state index contributed by atoms with van der Waals surface area (Å²) in [6.07, 6.45) is 5.12. The summed E-state index contributed by atoms with van der Waals surface area (Å²) in [6, 6.07) is 16.5. The van der Waals surface area contributed by atoms with Gasteiger partial charge in [-0.1, -0.05) is 53.5 Å². The molecular formula is C34H35Cl2FN6O3. The summed E-state index contributed by atoms with van der Waals surface area (Å²) < 4.78 is 18.0. The number of benzene rings is 2. The van der Waals surface area contributed by atoms with Crippen LogP contribution in [0.2, 0.25) is 10.0 Å². The number of halogens is 3. The van der Waals surface area contributed by atoms with Crippen LogP contribution in [0, 0.1) is 0 Å². The summed E-state index contributed by atoms with van der Waals surface area (Å²) in [4.78, 5) is 33.3. The van der Waals surface area contributed by atoms with Gasteiger partial charge in [0, 0.05) is 66.7 Å². The van der Waals surface area contributed by atoms with Gasteiger partial charge in [-0.2, -0.15) is 0 Å². The Balaban J connectivity index is 1.30. The van der Waals surface area contributed by atoms with E-state index in [-0.39, 0.29) is 24.3 Å². The Morgan fingerprint density at radius 3 is 2.63 bits per heavy atom. The number of carbonyl (C=O) groups excluding carboxylic acids is 2. The Hall–Kier alpha value is -4.09. The van der Waals surface area contributed by atoms with Crippen LogP contribution in [0.4, 0.5) is 10.1 Å². The zero-order valence-corrected chi connectivity index (χ0v) is 26.8. The Morgan fingerprint density at radius 1 is 1.04 bits per heavy atom. The van der Waals surface area contributed by atoms with Crippen LogP contribution in [-0.4, -0.2) is 54.7 Å². The van der Waals surface area contributed by atoms with Crippen LogP contribution in [0.3, 0.4) is 0 Å². The number of hydrogen-bond donors (Lipinski definition) is 4. The van der Waals surface area contributed by atoms with Crippen molar-refractivity contribution >= 4 is 40.7 Å². The van der Waals surface area contributed by atoms with Crippen molar-refractivity contribution in [1.29, 1.82) is 0 Å². The number of hydrogen-bond acceptors (Lipinski definition) is 7. The van der Waals surface area contributed by atoms with Gasteiger partial charge in [0.25, 0.3) is 5.91 Å². The van der Waals surface area contributed by atoms with Gasteiger partial charge in [-0.25, -0.2) is 0 Å². The predicted octanol–water partition coefficient (Wildman–Crippen LogP) is 6.20. The van der Waals surface area contributed by atoms with Crippen molar-refractivity contribution in [3.8, 4) is 28.1 Å². The van der Waals surface area contributed by atoms with E-state index in [0.29, 0.717) is 77.3 Å². The number of aromatic nitrogens is 2. The SMILES string of the molecule is COc1cc(-c2nccc(-c3cccc(NC(=O)c4ccc(CNCCCF)cn4)c3Cl)c2Cl)ccc1CNC[C@@H]1CCC(=O)N1. The zero-order valence-electron chi connectivity index (χ0n) is 25.3. The van der Waals surface area contributed by atoms with Crippen molar-refractivity contribution in [2.45, 2.75) is 38.4 Å². The largest absolute Gasteiger partial charge is 0.496 e. The van der Waals surface area contributed by atoms with E-state index >= 15 is 0 Å². The molecule has 0 bridgehead atoms. The standard InChI is InChI=1S/C34H35Cl2FN6O3/c1-46-29-16-22(7-8-23(29)19-39-20-24-9-11-30(44)42-24)33-32(36)26(12-15-40-33)25-4-2-5-27(31(25)35)43-34(45)28-10-6-21(18-41-28)17-38-14-3-13-37/h2,4-8,10,12,15-16,18,24,38-39H,3,9,11,13-14,17,19-20H2,1H3,(H,42,44)(H,43,45)/t24-/m0/s1.